The summed E-state index contributed by atoms with van der Waals surface area (Å²) >= 11 is 0. The van der Waals surface area contributed by atoms with Crippen molar-refractivity contribution in [2.45, 2.75) is 26.2 Å². The molecule has 0 spiro atoms. The number of rotatable bonds is 12. The molecule has 0 aliphatic heterocycles. The number of para-hydroxylation sites is 3. The summed E-state index contributed by atoms with van der Waals surface area (Å²) in [6, 6.07) is 18.1. The molecule has 9 nitrogen and oxygen atoms in total. The van der Waals surface area contributed by atoms with Crippen molar-refractivity contribution in [3.05, 3.63) is 89.0 Å². The maximum absolute atomic E-state index is 11.3. The van der Waals surface area contributed by atoms with Crippen molar-refractivity contribution in [1.82, 2.24) is 9.80 Å². The summed E-state index contributed by atoms with van der Waals surface area (Å²) < 4.78 is 0. The van der Waals surface area contributed by atoms with Gasteiger partial charge in [-0.3, -0.25) is 9.80 Å². The van der Waals surface area contributed by atoms with Crippen LogP contribution in [0.15, 0.2) is 66.7 Å². The van der Waals surface area contributed by atoms with Crippen LogP contribution in [0.2, 0.25) is 0 Å². The number of phenols is 3. The van der Waals surface area contributed by atoms with Gasteiger partial charge in [-0.15, -0.1) is 0 Å². The van der Waals surface area contributed by atoms with Gasteiger partial charge in [-0.1, -0.05) is 54.6 Å². The van der Waals surface area contributed by atoms with Crippen molar-refractivity contribution < 1.29 is 94.2 Å². The zero-order valence-corrected chi connectivity index (χ0v) is 25.0. The van der Waals surface area contributed by atoms with Gasteiger partial charge in [0.2, 0.25) is 0 Å². The molecule has 0 amide bonds. The van der Waals surface area contributed by atoms with Crippen LogP contribution in [0.25, 0.3) is 0 Å². The Morgan fingerprint density at radius 3 is 1.24 bits per heavy atom. The number of carboxylic acids is 2. The van der Waals surface area contributed by atoms with E-state index in [2.05, 4.69) is 0 Å². The van der Waals surface area contributed by atoms with Crippen LogP contribution in [0.4, 0.5) is 0 Å². The van der Waals surface area contributed by atoms with Crippen molar-refractivity contribution >= 4 is 11.9 Å². The molecule has 0 radical (unpaired) electrons. The number of aliphatic carboxylic acids is 2. The van der Waals surface area contributed by atoms with E-state index in [9.17, 15) is 35.1 Å². The fourth-order valence-corrected chi connectivity index (χ4v) is 3.85. The number of carboxylic acid groups (broad SMARTS) is 2. The van der Waals surface area contributed by atoms with Crippen molar-refractivity contribution in [1.29, 1.82) is 0 Å². The monoisotopic (exact) mass is 524 g/mol. The van der Waals surface area contributed by atoms with Crippen LogP contribution < -0.4 is 69.3 Å². The summed E-state index contributed by atoms with van der Waals surface area (Å²) in [6.07, 6.45) is 0. The third-order valence-electron chi connectivity index (χ3n) is 5.47. The number of carbonyl (C=O) groups excluding carboxylic acids is 2. The molecule has 0 saturated carbocycles. The second-order valence-electron chi connectivity index (χ2n) is 8.22. The van der Waals surface area contributed by atoms with Crippen LogP contribution in [-0.4, -0.2) is 50.1 Å². The molecule has 11 heteroatoms. The van der Waals surface area contributed by atoms with Crippen LogP contribution in [0, 0.1) is 0 Å². The normalized spacial score (nSPS) is 10.5. The fourth-order valence-electron chi connectivity index (χ4n) is 3.85. The topological polar surface area (TPSA) is 147 Å². The Hall–Kier alpha value is -2.08. The second-order valence-corrected chi connectivity index (χ2v) is 8.22. The first-order chi connectivity index (χ1) is 16.7. The van der Waals surface area contributed by atoms with E-state index in [1.807, 2.05) is 0 Å². The van der Waals surface area contributed by atoms with E-state index in [0.717, 1.165) is 0 Å². The van der Waals surface area contributed by atoms with E-state index < -0.39 is 25.0 Å². The van der Waals surface area contributed by atoms with Gasteiger partial charge in [0.25, 0.3) is 0 Å². The Morgan fingerprint density at radius 2 is 0.892 bits per heavy atom. The molecule has 184 valence electrons. The second kappa shape index (κ2) is 16.0. The number of carbonyl (C=O) groups is 2. The van der Waals surface area contributed by atoms with Gasteiger partial charge in [-0.2, -0.15) is 0 Å². The summed E-state index contributed by atoms with van der Waals surface area (Å²) in [7, 11) is 0. The Labute approximate surface area is 259 Å². The Bertz CT molecular complexity index is 1110. The first-order valence-corrected chi connectivity index (χ1v) is 10.9. The molecule has 0 bridgehead atoms. The first kappa shape index (κ1) is 32.9. The molecule has 0 aliphatic carbocycles. The Kier molecular flexibility index (Phi) is 14.3. The van der Waals surface area contributed by atoms with Gasteiger partial charge in [0.1, 0.15) is 17.2 Å². The number of benzene rings is 3. The number of hydrogen-bond donors (Lipinski definition) is 3. The molecule has 3 N–H and O–H groups in total. The molecular formula is C26H26N2Na2O7. The molecule has 3 aromatic carbocycles. The van der Waals surface area contributed by atoms with Crippen molar-refractivity contribution in [3.63, 3.8) is 0 Å². The number of phenolic OH excluding ortho intramolecular Hbond substituents is 3. The van der Waals surface area contributed by atoms with Crippen LogP contribution in [0.5, 0.6) is 17.2 Å². The molecule has 0 heterocycles. The average molecular weight is 524 g/mol. The molecule has 37 heavy (non-hydrogen) atoms. The minimum atomic E-state index is -1.31. The fraction of sp³-hybridized carbons (Fsp3) is 0.231. The standard InChI is InChI=1S/C26H28N2O7.2Na/c29-22-10-3-1-6-18(22)12-27(16-24(31)32)14-20-8-5-9-21(26(20)35)15-28(17-25(33)34)13-19-7-2-4-11-23(19)30;;/h1-11,29-30,35H,12-17H2,(H,31,32)(H,33,34);;/q;2*+1/p-2. The molecule has 0 unspecified atom stereocenters. The Morgan fingerprint density at radius 1 is 0.568 bits per heavy atom. The van der Waals surface area contributed by atoms with Crippen LogP contribution in [0.3, 0.4) is 0 Å². The van der Waals surface area contributed by atoms with Gasteiger partial charge in [0.05, 0.1) is 11.9 Å². The van der Waals surface area contributed by atoms with E-state index in [1.165, 1.54) is 21.9 Å². The predicted octanol–water partition coefficient (Wildman–Crippen LogP) is -5.68. The summed E-state index contributed by atoms with van der Waals surface area (Å²) in [4.78, 5) is 25.6. The van der Waals surface area contributed by atoms with Crippen LogP contribution in [0.1, 0.15) is 22.3 Å². The minimum Gasteiger partial charge on any atom is -0.549 e. The van der Waals surface area contributed by atoms with Gasteiger partial charge in [0.15, 0.2) is 0 Å². The molecule has 3 rings (SSSR count). The van der Waals surface area contributed by atoms with Crippen LogP contribution >= 0.6 is 0 Å². The van der Waals surface area contributed by atoms with E-state index >= 15 is 0 Å². The summed E-state index contributed by atoms with van der Waals surface area (Å²) in [5.74, 6) is -2.67. The van der Waals surface area contributed by atoms with Gasteiger partial charge < -0.3 is 35.1 Å². The summed E-state index contributed by atoms with van der Waals surface area (Å²) in [5, 5.41) is 53.6. The number of aromatic hydroxyl groups is 3. The summed E-state index contributed by atoms with van der Waals surface area (Å²) in [5.41, 5.74) is 1.89. The molecule has 3 aromatic rings. The average Bonchev–Trinajstić information content (AvgIpc) is 2.78. The van der Waals surface area contributed by atoms with Crippen molar-refractivity contribution in [2.24, 2.45) is 0 Å². The molecule has 0 aromatic heterocycles. The quantitative estimate of drug-likeness (QED) is 0.197. The Balaban J connectivity index is 0.00000342. The first-order valence-electron chi connectivity index (χ1n) is 10.9. The maximum atomic E-state index is 11.3. The SMILES string of the molecule is O=C([O-])CN(Cc1ccccc1O)Cc1cccc(CN(CC(=O)[O-])Cc2ccccc2O)c1O.[Na+].[Na+]. The molecular weight excluding hydrogens is 498 g/mol. The van der Waals surface area contributed by atoms with E-state index in [0.29, 0.717) is 22.3 Å². The predicted molar refractivity (Wildman–Crippen MR) is 123 cm³/mol. The van der Waals surface area contributed by atoms with Crippen molar-refractivity contribution in [3.8, 4) is 17.2 Å². The van der Waals surface area contributed by atoms with Gasteiger partial charge in [-0.05, 0) is 12.1 Å². The largest absolute Gasteiger partial charge is 1.00 e. The van der Waals surface area contributed by atoms with E-state index in [1.54, 1.807) is 54.6 Å². The van der Waals surface area contributed by atoms with Gasteiger partial charge in [0, 0.05) is 61.5 Å². The molecule has 0 fully saturated rings. The number of hydrogen-bond acceptors (Lipinski definition) is 9. The number of nitrogens with zero attached hydrogens (tertiary/aromatic N) is 2. The zero-order valence-electron chi connectivity index (χ0n) is 21.0. The smallest absolute Gasteiger partial charge is 0.549 e. The zero-order chi connectivity index (χ0) is 25.4. The minimum absolute atomic E-state index is 0. The maximum Gasteiger partial charge on any atom is 1.00 e. The molecule has 0 aliphatic rings. The van der Waals surface area contributed by atoms with Crippen molar-refractivity contribution in [2.75, 3.05) is 13.1 Å². The third-order valence-corrected chi connectivity index (χ3v) is 5.47. The van der Waals surface area contributed by atoms with Crippen LogP contribution in [-0.2, 0) is 35.8 Å². The third kappa shape index (κ3) is 10.3. The van der Waals surface area contributed by atoms with Gasteiger partial charge >= 0.3 is 59.1 Å². The van der Waals surface area contributed by atoms with E-state index in [4.69, 9.17) is 0 Å². The van der Waals surface area contributed by atoms with Gasteiger partial charge in [-0.25, -0.2) is 0 Å². The summed E-state index contributed by atoms with van der Waals surface area (Å²) in [6.45, 7) is -0.559. The molecule has 0 saturated heterocycles. The molecule has 0 atom stereocenters. The van der Waals surface area contributed by atoms with E-state index in [-0.39, 0.29) is 103 Å².